The molecule has 146 valence electrons. The normalized spacial score (nSPS) is 10.1. The fourth-order valence-corrected chi connectivity index (χ4v) is 2.87. The summed E-state index contributed by atoms with van der Waals surface area (Å²) in [5.74, 6) is 0.0983. The molecule has 0 spiro atoms. The molecule has 0 aromatic heterocycles. The fourth-order valence-electron chi connectivity index (χ4n) is 2.87. The molecule has 6 heteroatoms. The summed E-state index contributed by atoms with van der Waals surface area (Å²) >= 11 is 0. The van der Waals surface area contributed by atoms with Crippen LogP contribution in [-0.4, -0.2) is 41.9 Å². The van der Waals surface area contributed by atoms with Crippen molar-refractivity contribution in [3.8, 4) is 6.07 Å². The number of amides is 3. The van der Waals surface area contributed by atoms with Gasteiger partial charge in [-0.1, -0.05) is 24.3 Å². The Hall–Kier alpha value is -3.33. The minimum Gasteiger partial charge on any atom is -0.343 e. The highest BCUT2D eigenvalue weighted by atomic mass is 16.2. The second-order valence-electron chi connectivity index (χ2n) is 6.54. The van der Waals surface area contributed by atoms with Crippen LogP contribution in [0.3, 0.4) is 0 Å². The van der Waals surface area contributed by atoms with Gasteiger partial charge in [-0.05, 0) is 49.2 Å². The van der Waals surface area contributed by atoms with Crippen LogP contribution < -0.4 is 5.32 Å². The standard InChI is InChI=1S/C22H26N4O2/c1-4-26(5-2)21(27)14-17-9-11-20(12-10-17)24-22(28)25(3)16-19-8-6-7-18(13-19)15-23/h6-13H,4-5,14,16H2,1-3H3,(H,24,28). The van der Waals surface area contributed by atoms with Gasteiger partial charge in [-0.2, -0.15) is 5.26 Å². The van der Waals surface area contributed by atoms with Crippen molar-refractivity contribution in [3.05, 3.63) is 65.2 Å². The average Bonchev–Trinajstić information content (AvgIpc) is 2.70. The molecule has 0 aliphatic carbocycles. The Morgan fingerprint density at radius 2 is 1.71 bits per heavy atom. The molecule has 1 N–H and O–H groups in total. The smallest absolute Gasteiger partial charge is 0.321 e. The van der Waals surface area contributed by atoms with Crippen molar-refractivity contribution in [2.24, 2.45) is 0 Å². The SMILES string of the molecule is CCN(CC)C(=O)Cc1ccc(NC(=O)N(C)Cc2cccc(C#N)c2)cc1. The van der Waals surface area contributed by atoms with Gasteiger partial charge in [-0.3, -0.25) is 4.79 Å². The maximum absolute atomic E-state index is 12.4. The molecule has 0 saturated carbocycles. The maximum atomic E-state index is 12.4. The Balaban J connectivity index is 1.92. The van der Waals surface area contributed by atoms with Gasteiger partial charge in [-0.15, -0.1) is 0 Å². The van der Waals surface area contributed by atoms with Gasteiger partial charge < -0.3 is 15.1 Å². The Kier molecular flexibility index (Phi) is 7.58. The lowest BCUT2D eigenvalue weighted by Crippen LogP contribution is -2.31. The number of carbonyl (C=O) groups is 2. The van der Waals surface area contributed by atoms with E-state index in [0.717, 1.165) is 11.1 Å². The third kappa shape index (κ3) is 5.85. The van der Waals surface area contributed by atoms with Crippen LogP contribution in [0, 0.1) is 11.3 Å². The second kappa shape index (κ2) is 10.1. The Morgan fingerprint density at radius 3 is 2.32 bits per heavy atom. The zero-order valence-corrected chi connectivity index (χ0v) is 16.6. The van der Waals surface area contributed by atoms with Gasteiger partial charge in [-0.25, -0.2) is 4.79 Å². The monoisotopic (exact) mass is 378 g/mol. The van der Waals surface area contributed by atoms with E-state index in [1.54, 1.807) is 47.2 Å². The number of anilines is 1. The van der Waals surface area contributed by atoms with Gasteiger partial charge in [0.05, 0.1) is 18.1 Å². The van der Waals surface area contributed by atoms with Crippen molar-refractivity contribution in [2.75, 3.05) is 25.5 Å². The molecule has 0 aliphatic rings. The zero-order valence-electron chi connectivity index (χ0n) is 16.6. The van der Waals surface area contributed by atoms with E-state index in [4.69, 9.17) is 5.26 Å². The molecule has 0 unspecified atom stereocenters. The molecule has 0 atom stereocenters. The Morgan fingerprint density at radius 1 is 1.04 bits per heavy atom. The molecule has 0 radical (unpaired) electrons. The molecule has 0 saturated heterocycles. The lowest BCUT2D eigenvalue weighted by molar-refractivity contribution is -0.130. The molecule has 0 fully saturated rings. The van der Waals surface area contributed by atoms with Crippen molar-refractivity contribution < 1.29 is 9.59 Å². The summed E-state index contributed by atoms with van der Waals surface area (Å²) in [5.41, 5.74) is 3.04. The summed E-state index contributed by atoms with van der Waals surface area (Å²) < 4.78 is 0. The Labute approximate surface area is 166 Å². The molecule has 28 heavy (non-hydrogen) atoms. The minimum absolute atomic E-state index is 0.0983. The van der Waals surface area contributed by atoms with Crippen LogP contribution in [0.4, 0.5) is 10.5 Å². The number of carbonyl (C=O) groups excluding carboxylic acids is 2. The van der Waals surface area contributed by atoms with E-state index in [2.05, 4.69) is 11.4 Å². The molecule has 6 nitrogen and oxygen atoms in total. The predicted octanol–water partition coefficient (Wildman–Crippen LogP) is 3.63. The van der Waals surface area contributed by atoms with Crippen LogP contribution in [-0.2, 0) is 17.8 Å². The predicted molar refractivity (Wildman–Crippen MR) is 110 cm³/mol. The number of urea groups is 1. The van der Waals surface area contributed by atoms with E-state index in [1.807, 2.05) is 32.0 Å². The molecule has 0 heterocycles. The molecule has 3 amide bonds. The number of likely N-dealkylation sites (N-methyl/N-ethyl adjacent to an activating group) is 1. The Bertz CT molecular complexity index is 852. The lowest BCUT2D eigenvalue weighted by Gasteiger charge is -2.19. The minimum atomic E-state index is -0.241. The quantitative estimate of drug-likeness (QED) is 0.799. The highest BCUT2D eigenvalue weighted by Gasteiger charge is 2.12. The number of hydrogen-bond donors (Lipinski definition) is 1. The molecule has 2 aromatic rings. The van der Waals surface area contributed by atoms with E-state index >= 15 is 0 Å². The van der Waals surface area contributed by atoms with Gasteiger partial charge in [0.2, 0.25) is 5.91 Å². The van der Waals surface area contributed by atoms with Crippen molar-refractivity contribution in [3.63, 3.8) is 0 Å². The van der Waals surface area contributed by atoms with Gasteiger partial charge >= 0.3 is 6.03 Å². The van der Waals surface area contributed by atoms with E-state index in [-0.39, 0.29) is 11.9 Å². The highest BCUT2D eigenvalue weighted by Crippen LogP contribution is 2.13. The summed E-state index contributed by atoms with van der Waals surface area (Å²) in [7, 11) is 1.70. The van der Waals surface area contributed by atoms with Gasteiger partial charge in [0.15, 0.2) is 0 Å². The van der Waals surface area contributed by atoms with Crippen LogP contribution in [0.1, 0.15) is 30.5 Å². The van der Waals surface area contributed by atoms with Gasteiger partial charge in [0, 0.05) is 32.4 Å². The topological polar surface area (TPSA) is 76.4 Å². The lowest BCUT2D eigenvalue weighted by atomic mass is 10.1. The molecule has 0 aliphatic heterocycles. The molecular weight excluding hydrogens is 352 g/mol. The van der Waals surface area contributed by atoms with Crippen LogP contribution >= 0.6 is 0 Å². The van der Waals surface area contributed by atoms with E-state index in [9.17, 15) is 9.59 Å². The van der Waals surface area contributed by atoms with Crippen LogP contribution in [0.2, 0.25) is 0 Å². The largest absolute Gasteiger partial charge is 0.343 e. The van der Waals surface area contributed by atoms with Crippen molar-refractivity contribution in [2.45, 2.75) is 26.8 Å². The fraction of sp³-hybridized carbons (Fsp3) is 0.318. The molecule has 2 aromatic carbocycles. The van der Waals surface area contributed by atoms with Gasteiger partial charge in [0.25, 0.3) is 0 Å². The molecule has 2 rings (SSSR count). The number of hydrogen-bond acceptors (Lipinski definition) is 3. The van der Waals surface area contributed by atoms with E-state index in [0.29, 0.717) is 37.3 Å². The first kappa shape index (κ1) is 21.0. The van der Waals surface area contributed by atoms with Crippen LogP contribution in [0.25, 0.3) is 0 Å². The van der Waals surface area contributed by atoms with Crippen LogP contribution in [0.5, 0.6) is 0 Å². The number of nitriles is 1. The summed E-state index contributed by atoms with van der Waals surface area (Å²) in [6, 6.07) is 16.3. The van der Waals surface area contributed by atoms with Gasteiger partial charge in [0.1, 0.15) is 0 Å². The average molecular weight is 378 g/mol. The molecule has 0 bridgehead atoms. The first-order valence-corrected chi connectivity index (χ1v) is 9.34. The number of rotatable bonds is 7. The summed E-state index contributed by atoms with van der Waals surface area (Å²) in [6.07, 6.45) is 0.352. The maximum Gasteiger partial charge on any atom is 0.321 e. The third-order valence-corrected chi connectivity index (χ3v) is 4.50. The first-order valence-electron chi connectivity index (χ1n) is 9.34. The highest BCUT2D eigenvalue weighted by molar-refractivity contribution is 5.89. The van der Waals surface area contributed by atoms with Crippen molar-refractivity contribution in [1.82, 2.24) is 9.80 Å². The van der Waals surface area contributed by atoms with E-state index in [1.165, 1.54) is 0 Å². The van der Waals surface area contributed by atoms with Crippen LogP contribution in [0.15, 0.2) is 48.5 Å². The van der Waals surface area contributed by atoms with E-state index < -0.39 is 0 Å². The van der Waals surface area contributed by atoms with Crippen molar-refractivity contribution >= 4 is 17.6 Å². The number of benzene rings is 2. The third-order valence-electron chi connectivity index (χ3n) is 4.50. The summed E-state index contributed by atoms with van der Waals surface area (Å²) in [6.45, 7) is 5.73. The number of nitrogens with zero attached hydrogens (tertiary/aromatic N) is 3. The first-order chi connectivity index (χ1) is 13.5. The molecular formula is C22H26N4O2. The zero-order chi connectivity index (χ0) is 20.5. The summed E-state index contributed by atoms with van der Waals surface area (Å²) in [5, 5.41) is 11.8. The number of nitrogens with one attached hydrogen (secondary N) is 1. The second-order valence-corrected chi connectivity index (χ2v) is 6.54. The summed E-state index contributed by atoms with van der Waals surface area (Å²) in [4.78, 5) is 27.9. The van der Waals surface area contributed by atoms with Crippen molar-refractivity contribution in [1.29, 1.82) is 5.26 Å².